The third-order valence-electron chi connectivity index (χ3n) is 17.2. The van der Waals surface area contributed by atoms with Crippen molar-refractivity contribution in [1.82, 2.24) is 31.9 Å². The van der Waals surface area contributed by atoms with Gasteiger partial charge in [0.25, 0.3) is 69.3 Å². The Kier molecular flexibility index (Phi) is 33.5. The van der Waals surface area contributed by atoms with Crippen molar-refractivity contribution in [2.45, 2.75) is 112 Å². The molecule has 113 heavy (non-hydrogen) atoms. The molecule has 2 saturated heterocycles. The smallest absolute Gasteiger partial charge is 0.477 e. The Labute approximate surface area is 667 Å². The number of nitro benzene ring substituents is 6. The molecule has 47 heteroatoms. The van der Waals surface area contributed by atoms with Crippen LogP contribution in [-0.2, 0) is 38.1 Å². The van der Waals surface area contributed by atoms with Gasteiger partial charge in [0.05, 0.1) is 114 Å². The Balaban J connectivity index is 0.0000199. The number of aliphatic carboxylic acids is 2. The second-order valence-corrected chi connectivity index (χ2v) is 27.4. The van der Waals surface area contributed by atoms with Gasteiger partial charge in [-0.05, 0) is 85.0 Å². The van der Waals surface area contributed by atoms with E-state index in [1.165, 1.54) is 47.8 Å². The van der Waals surface area contributed by atoms with Crippen molar-refractivity contribution in [3.05, 3.63) is 180 Å². The van der Waals surface area contributed by atoms with E-state index in [-0.39, 0.29) is 102 Å². The zero-order chi connectivity index (χ0) is 82.6. The summed E-state index contributed by atoms with van der Waals surface area (Å²) in [5.74, 6) is -12.2. The molecule has 602 valence electrons. The van der Waals surface area contributed by atoms with E-state index in [1.54, 1.807) is 0 Å². The average molecular weight is 1630 g/mol. The van der Waals surface area contributed by atoms with Gasteiger partial charge in [-0.15, -0.1) is 0 Å². The fraction of sp³-hybridized carbons (Fsp3) is 0.424. The van der Waals surface area contributed by atoms with E-state index >= 15 is 0 Å². The summed E-state index contributed by atoms with van der Waals surface area (Å²) in [5, 5.41) is 173. The molecule has 0 aliphatic carbocycles. The molecule has 0 spiro atoms. The quantitative estimate of drug-likeness (QED) is 0.00908. The number of ether oxygens (including phenoxy) is 4. The molecule has 5 aromatic rings. The van der Waals surface area contributed by atoms with Gasteiger partial charge in [-0.25, -0.2) is 9.59 Å². The van der Waals surface area contributed by atoms with Crippen LogP contribution in [0.15, 0.2) is 97.1 Å². The molecule has 0 aromatic heterocycles. The van der Waals surface area contributed by atoms with Crippen molar-refractivity contribution in [2.75, 3.05) is 62.4 Å². The van der Waals surface area contributed by atoms with Crippen LogP contribution in [0.4, 0.5) is 34.1 Å². The number of benzene rings is 5. The second-order valence-electron chi connectivity index (χ2n) is 24.9. The number of hydrogen-bond donors (Lipinski definition) is 14. The van der Waals surface area contributed by atoms with Crippen molar-refractivity contribution in [3.8, 4) is 22.3 Å². The van der Waals surface area contributed by atoms with Crippen molar-refractivity contribution >= 4 is 105 Å². The van der Waals surface area contributed by atoms with Crippen molar-refractivity contribution in [3.63, 3.8) is 0 Å². The van der Waals surface area contributed by atoms with Crippen molar-refractivity contribution in [1.29, 1.82) is 0 Å². The molecule has 0 saturated carbocycles. The number of nitro groups is 6. The fourth-order valence-electron chi connectivity index (χ4n) is 11.8. The Morgan fingerprint density at radius 2 is 0.761 bits per heavy atom. The number of carbonyl (C=O) groups is 8. The summed E-state index contributed by atoms with van der Waals surface area (Å²) in [4.78, 5) is 167. The minimum absolute atomic E-state index is 0. The number of carbonyl (C=O) groups excluding carboxylic acids is 6. The van der Waals surface area contributed by atoms with E-state index < -0.39 is 221 Å². The number of non-ortho nitro benzene ring substituents is 2. The molecule has 2 heterocycles. The van der Waals surface area contributed by atoms with E-state index in [4.69, 9.17) is 18.9 Å². The first-order valence-electron chi connectivity index (χ1n) is 33.5. The first-order chi connectivity index (χ1) is 52.9. The van der Waals surface area contributed by atoms with Crippen LogP contribution in [0.5, 0.6) is 0 Å². The Bertz CT molecular complexity index is 4150. The molecule has 2 fully saturated rings. The number of amides is 6. The molecular formula is C66H74N12NaO32S2+. The zero-order valence-electron chi connectivity index (χ0n) is 59.8. The van der Waals surface area contributed by atoms with Crippen LogP contribution in [0.3, 0.4) is 0 Å². The number of nitrogens with one attached hydrogen (secondary N) is 6. The molecule has 6 amide bonds. The first kappa shape index (κ1) is 91.4. The summed E-state index contributed by atoms with van der Waals surface area (Å²) in [6.07, 6.45) is -17.2. The van der Waals surface area contributed by atoms with Gasteiger partial charge in [-0.1, -0.05) is 0 Å². The Morgan fingerprint density at radius 1 is 0.460 bits per heavy atom. The van der Waals surface area contributed by atoms with Gasteiger partial charge in [-0.2, -0.15) is 23.5 Å². The fourth-order valence-corrected chi connectivity index (χ4v) is 13.3. The summed E-state index contributed by atoms with van der Waals surface area (Å²) >= 11 is 2.64. The van der Waals surface area contributed by atoms with Gasteiger partial charge in [0, 0.05) is 111 Å². The summed E-state index contributed by atoms with van der Waals surface area (Å²) < 4.78 is 22.9. The molecule has 5 aromatic carbocycles. The third kappa shape index (κ3) is 23.8. The molecule has 2 aliphatic heterocycles. The van der Waals surface area contributed by atoms with E-state index in [9.17, 15) is 140 Å². The maximum absolute atomic E-state index is 13.3. The van der Waals surface area contributed by atoms with Crippen LogP contribution >= 0.6 is 23.5 Å². The van der Waals surface area contributed by atoms with E-state index in [2.05, 4.69) is 31.9 Å². The predicted octanol–water partition coefficient (Wildman–Crippen LogP) is -1.61. The van der Waals surface area contributed by atoms with Gasteiger partial charge < -0.3 is 91.7 Å². The maximum atomic E-state index is 13.3. The summed E-state index contributed by atoms with van der Waals surface area (Å²) in [6.45, 7) is 0.0241. The minimum atomic E-state index is -2.67. The summed E-state index contributed by atoms with van der Waals surface area (Å²) in [7, 11) is 0. The largest absolute Gasteiger partial charge is 1.00 e. The third-order valence-corrected chi connectivity index (χ3v) is 19.4. The van der Waals surface area contributed by atoms with Gasteiger partial charge in [-0.3, -0.25) is 89.5 Å². The minimum Gasteiger partial charge on any atom is -0.477 e. The molecule has 7 rings (SSSR count). The monoisotopic (exact) mass is 1630 g/mol. The van der Waals surface area contributed by atoms with Gasteiger partial charge in [0.1, 0.15) is 24.4 Å². The Hall–Kier alpha value is -10.4. The predicted molar refractivity (Wildman–Crippen MR) is 386 cm³/mol. The van der Waals surface area contributed by atoms with Gasteiger partial charge in [0.15, 0.2) is 0 Å². The molecule has 2 unspecified atom stereocenters. The number of nitrogens with zero attached hydrogens (tertiary/aromatic N) is 6. The molecule has 0 radical (unpaired) electrons. The topological polar surface area (TPSA) is 666 Å². The van der Waals surface area contributed by atoms with Crippen LogP contribution in [0.1, 0.15) is 81.0 Å². The van der Waals surface area contributed by atoms with Crippen molar-refractivity contribution in [2.24, 2.45) is 0 Å². The first-order valence-corrected chi connectivity index (χ1v) is 35.8. The van der Waals surface area contributed by atoms with Crippen LogP contribution in [0.2, 0.25) is 0 Å². The second kappa shape index (κ2) is 41.4. The molecular weight excluding hydrogens is 1560 g/mol. The Morgan fingerprint density at radius 3 is 1.06 bits per heavy atom. The van der Waals surface area contributed by atoms with Crippen LogP contribution in [0, 0.1) is 60.7 Å². The SMILES string of the molecule is CC(=O)N[C@@H]1[C@@H](O)C[C@](OCCCSCCNC(=O)c2ccc(C(=O)NCCSCCCO[C@]3(C(=O)O)C[C@H](O)[C@@H](NC(C)=O)[C@H](C(O)[C@H](O)CNC(=O)c4ccc(-c5ccc([N+](=O)[O-])cc5[N+](=O)[O-])c([N+](=O)[O-])c4)O3)cc2)(C(=O)O)O[C@H]1C(O)[C@H](O)CNC(=O)c1ccc(-c2ccc([N+](=O)[O-])cc2[N+](=O)[O-])c([N+](=O)[O-])c1.[Na+]. The van der Waals surface area contributed by atoms with Crippen LogP contribution in [-0.4, -0.2) is 253 Å². The average Bonchev–Trinajstić information content (AvgIpc) is 0.763. The number of aliphatic hydroxyl groups excluding tert-OH is 6. The normalized spacial score (nSPS) is 20.2. The summed E-state index contributed by atoms with van der Waals surface area (Å²) in [6, 6.07) is 12.8. The number of thioether (sulfide) groups is 2. The molecule has 44 nitrogen and oxygen atoms in total. The molecule has 14 N–H and O–H groups in total. The van der Waals surface area contributed by atoms with Gasteiger partial charge in [0.2, 0.25) is 11.8 Å². The molecule has 12 atom stereocenters. The van der Waals surface area contributed by atoms with Crippen LogP contribution in [0.25, 0.3) is 22.3 Å². The van der Waals surface area contributed by atoms with Gasteiger partial charge >= 0.3 is 41.5 Å². The standard InChI is InChI=1S/C66H74N12O32S2.Na/c1-33(79)71-53-49(81)29-65(63(91)92,109-57(53)55(85)51(83)31-69-61(89)37-9-13-41(45(25-37)75(99)100)43-15-11-39(73(95)96)27-47(43)77(103)104)107-19-3-21-111-23-17-67-59(87)35-5-7-36(8-6-35)60(88)68-18-24-112-22-4-20-108-66(64(93)94)30-50(82)54(72-34(2)80)58(110-66)56(86)52(84)32-70-62(90)38-10-14-42(46(26-38)76(101)102)44-16-12-40(74(97)98)28-48(44)78(105)106;/h5-16,25-28,49-58,81-86H,3-4,17-24,29-32H2,1-2H3,(H,67,87)(H,68,88)(H,69,89)(H,70,90)(H,71,79)(H,72,80)(H,91,92)(H,93,94);/q;+1/t49-,50-,51+,52+,53+,54+,55?,56?,57+,58+,65+,66+;/m0./s1. The van der Waals surface area contributed by atoms with E-state index in [0.717, 1.165) is 74.5 Å². The number of carboxylic acid groups (broad SMARTS) is 2. The molecule has 2 aliphatic rings. The summed E-state index contributed by atoms with van der Waals surface area (Å²) in [5.41, 5.74) is -6.70. The van der Waals surface area contributed by atoms with Crippen LogP contribution < -0.4 is 61.5 Å². The molecule has 0 bridgehead atoms. The zero-order valence-corrected chi connectivity index (χ0v) is 63.4. The van der Waals surface area contributed by atoms with E-state index in [0.29, 0.717) is 35.1 Å². The number of carboxylic acids is 2. The number of rotatable bonds is 40. The number of hydrogen-bond acceptors (Lipinski definition) is 32. The van der Waals surface area contributed by atoms with E-state index in [1.807, 2.05) is 0 Å². The maximum Gasteiger partial charge on any atom is 1.00 e. The number of aliphatic hydroxyl groups is 6. The van der Waals surface area contributed by atoms with Crippen molar-refractivity contribution < 1.29 is 157 Å².